The molecule has 0 radical (unpaired) electrons. The van der Waals surface area contributed by atoms with Crippen molar-refractivity contribution in [3.63, 3.8) is 0 Å². The third-order valence-electron chi connectivity index (χ3n) is 2.74. The summed E-state index contributed by atoms with van der Waals surface area (Å²) < 4.78 is 39.1. The van der Waals surface area contributed by atoms with Gasteiger partial charge in [-0.1, -0.05) is 11.6 Å². The van der Waals surface area contributed by atoms with Crippen LogP contribution in [-0.2, 0) is 17.5 Å². The Labute approximate surface area is 106 Å². The molecular formula is C10H11ClF3N3O. The van der Waals surface area contributed by atoms with Gasteiger partial charge >= 0.3 is 6.18 Å². The Morgan fingerprint density at radius 3 is 2.61 bits per heavy atom. The summed E-state index contributed by atoms with van der Waals surface area (Å²) in [6, 6.07) is 0. The van der Waals surface area contributed by atoms with E-state index in [-0.39, 0.29) is 17.5 Å². The second-order valence-corrected chi connectivity index (χ2v) is 4.53. The summed E-state index contributed by atoms with van der Waals surface area (Å²) in [5, 5.41) is 5.39. The molecule has 0 aromatic carbocycles. The Bertz CT molecular complexity index is 479. The number of carbonyl (C=O) groups excluding carboxylic acids is 1. The predicted molar refractivity (Wildman–Crippen MR) is 58.3 cm³/mol. The van der Waals surface area contributed by atoms with Gasteiger partial charge in [-0.25, -0.2) is 0 Å². The zero-order valence-corrected chi connectivity index (χ0v) is 10.3. The van der Waals surface area contributed by atoms with Crippen molar-refractivity contribution in [3.05, 3.63) is 16.4 Å². The van der Waals surface area contributed by atoms with E-state index in [1.807, 2.05) is 0 Å². The van der Waals surface area contributed by atoms with Gasteiger partial charge in [-0.05, 0) is 12.8 Å². The largest absolute Gasteiger partial charge is 0.436 e. The first-order chi connectivity index (χ1) is 8.34. The molecule has 0 aliphatic heterocycles. The van der Waals surface area contributed by atoms with Crippen LogP contribution >= 0.6 is 11.6 Å². The summed E-state index contributed by atoms with van der Waals surface area (Å²) in [7, 11) is 1.41. The van der Waals surface area contributed by atoms with Crippen molar-refractivity contribution in [1.82, 2.24) is 15.1 Å². The minimum absolute atomic E-state index is 0.0224. The summed E-state index contributed by atoms with van der Waals surface area (Å²) in [6.45, 7) is -0.252. The fourth-order valence-electron chi connectivity index (χ4n) is 1.72. The summed E-state index contributed by atoms with van der Waals surface area (Å²) in [5.74, 6) is -0.435. The second-order valence-electron chi connectivity index (χ2n) is 4.15. The van der Waals surface area contributed by atoms with E-state index in [0.29, 0.717) is 5.69 Å². The van der Waals surface area contributed by atoms with Gasteiger partial charge in [0.2, 0.25) is 5.91 Å². The van der Waals surface area contributed by atoms with Crippen LogP contribution in [0, 0.1) is 0 Å². The van der Waals surface area contributed by atoms with Gasteiger partial charge in [-0.3, -0.25) is 9.48 Å². The Morgan fingerprint density at radius 2 is 2.17 bits per heavy atom. The topological polar surface area (TPSA) is 46.9 Å². The molecule has 0 saturated heterocycles. The molecule has 1 N–H and O–H groups in total. The van der Waals surface area contributed by atoms with Crippen LogP contribution in [0.1, 0.15) is 30.1 Å². The number of alkyl halides is 3. The van der Waals surface area contributed by atoms with Gasteiger partial charge < -0.3 is 5.32 Å². The van der Waals surface area contributed by atoms with Crippen molar-refractivity contribution < 1.29 is 18.0 Å². The number of nitrogens with one attached hydrogen (secondary N) is 1. The van der Waals surface area contributed by atoms with Crippen LogP contribution in [0.3, 0.4) is 0 Å². The Balaban J connectivity index is 2.41. The van der Waals surface area contributed by atoms with Crippen molar-refractivity contribution in [2.75, 3.05) is 7.05 Å². The maximum Gasteiger partial charge on any atom is 0.436 e. The van der Waals surface area contributed by atoms with E-state index >= 15 is 0 Å². The number of hydrogen-bond donors (Lipinski definition) is 1. The number of amides is 1. The number of aromatic nitrogens is 2. The first kappa shape index (κ1) is 13.2. The standard InChI is InChI=1S/C10H11ClF3N3O/c1-15-6(18)4-17-8(5-2-3-5)7(11)9(16-17)10(12,13)14/h5H,2-4H2,1H3,(H,15,18). The third-order valence-corrected chi connectivity index (χ3v) is 3.11. The normalized spacial score (nSPS) is 15.8. The van der Waals surface area contributed by atoms with Gasteiger partial charge in [0, 0.05) is 13.0 Å². The van der Waals surface area contributed by atoms with Gasteiger partial charge in [0.15, 0.2) is 5.69 Å². The van der Waals surface area contributed by atoms with E-state index in [1.54, 1.807) is 0 Å². The van der Waals surface area contributed by atoms with Crippen LogP contribution < -0.4 is 5.32 Å². The van der Waals surface area contributed by atoms with Crippen LogP contribution in [0.5, 0.6) is 0 Å². The third kappa shape index (κ3) is 2.45. The molecule has 1 aromatic rings. The molecule has 1 aromatic heterocycles. The first-order valence-corrected chi connectivity index (χ1v) is 5.76. The fourth-order valence-corrected chi connectivity index (χ4v) is 2.11. The van der Waals surface area contributed by atoms with E-state index < -0.39 is 17.8 Å². The van der Waals surface area contributed by atoms with Crippen LogP contribution in [0.25, 0.3) is 0 Å². The smallest absolute Gasteiger partial charge is 0.358 e. The maximum absolute atomic E-state index is 12.7. The molecule has 1 amide bonds. The molecule has 100 valence electrons. The molecule has 0 atom stereocenters. The van der Waals surface area contributed by atoms with E-state index in [0.717, 1.165) is 17.5 Å². The number of halogens is 4. The molecule has 8 heteroatoms. The van der Waals surface area contributed by atoms with Crippen molar-refractivity contribution in [2.45, 2.75) is 31.5 Å². The van der Waals surface area contributed by atoms with E-state index in [9.17, 15) is 18.0 Å². The van der Waals surface area contributed by atoms with Crippen LogP contribution in [0.2, 0.25) is 5.02 Å². The summed E-state index contributed by atoms with van der Waals surface area (Å²) in [5.41, 5.74) is -0.803. The molecule has 1 saturated carbocycles. The highest BCUT2D eigenvalue weighted by molar-refractivity contribution is 6.32. The van der Waals surface area contributed by atoms with Gasteiger partial charge in [0.1, 0.15) is 6.54 Å². The minimum atomic E-state index is -4.60. The molecule has 2 rings (SSSR count). The summed E-state index contributed by atoms with van der Waals surface area (Å²) in [4.78, 5) is 11.3. The summed E-state index contributed by atoms with van der Waals surface area (Å²) in [6.07, 6.45) is -3.05. The molecule has 0 unspecified atom stereocenters. The SMILES string of the molecule is CNC(=O)Cn1nc(C(F)(F)F)c(Cl)c1C1CC1. The molecular weight excluding hydrogens is 271 g/mol. The predicted octanol–water partition coefficient (Wildman–Crippen LogP) is 2.18. The molecule has 1 aliphatic rings. The molecule has 1 heterocycles. The van der Waals surface area contributed by atoms with Crippen molar-refractivity contribution >= 4 is 17.5 Å². The van der Waals surface area contributed by atoms with Crippen molar-refractivity contribution in [3.8, 4) is 0 Å². The highest BCUT2D eigenvalue weighted by Crippen LogP contribution is 2.46. The molecule has 0 spiro atoms. The average Bonchev–Trinajstić information content (AvgIpc) is 3.03. The fraction of sp³-hybridized carbons (Fsp3) is 0.600. The molecule has 18 heavy (non-hydrogen) atoms. The molecule has 4 nitrogen and oxygen atoms in total. The lowest BCUT2D eigenvalue weighted by atomic mass is 10.2. The van der Waals surface area contributed by atoms with Gasteiger partial charge in [0.05, 0.1) is 10.7 Å². The maximum atomic E-state index is 12.7. The minimum Gasteiger partial charge on any atom is -0.358 e. The van der Waals surface area contributed by atoms with E-state index in [1.165, 1.54) is 7.05 Å². The van der Waals surface area contributed by atoms with Crippen molar-refractivity contribution in [1.29, 1.82) is 0 Å². The Kier molecular flexibility index (Phi) is 3.27. The monoisotopic (exact) mass is 281 g/mol. The quantitative estimate of drug-likeness (QED) is 0.923. The summed E-state index contributed by atoms with van der Waals surface area (Å²) >= 11 is 5.74. The van der Waals surface area contributed by atoms with E-state index in [4.69, 9.17) is 11.6 Å². The van der Waals surface area contributed by atoms with Crippen LogP contribution in [0.4, 0.5) is 13.2 Å². The average molecular weight is 282 g/mol. The Morgan fingerprint density at radius 1 is 1.56 bits per heavy atom. The number of nitrogens with zero attached hydrogens (tertiary/aromatic N) is 2. The Hall–Kier alpha value is -1.24. The number of likely N-dealkylation sites (N-methyl/N-ethyl adjacent to an activating group) is 1. The highest BCUT2D eigenvalue weighted by atomic mass is 35.5. The molecule has 1 aliphatic carbocycles. The van der Waals surface area contributed by atoms with E-state index in [2.05, 4.69) is 10.4 Å². The van der Waals surface area contributed by atoms with Crippen LogP contribution in [-0.4, -0.2) is 22.7 Å². The molecule has 0 bridgehead atoms. The van der Waals surface area contributed by atoms with Gasteiger partial charge in [-0.2, -0.15) is 18.3 Å². The lowest BCUT2D eigenvalue weighted by Gasteiger charge is -2.05. The second kappa shape index (κ2) is 4.46. The molecule has 1 fully saturated rings. The zero-order chi connectivity index (χ0) is 13.5. The highest BCUT2D eigenvalue weighted by Gasteiger charge is 2.42. The first-order valence-electron chi connectivity index (χ1n) is 5.38. The lowest BCUT2D eigenvalue weighted by molar-refractivity contribution is -0.141. The number of hydrogen-bond acceptors (Lipinski definition) is 2. The van der Waals surface area contributed by atoms with Gasteiger partial charge in [-0.15, -0.1) is 0 Å². The lowest BCUT2D eigenvalue weighted by Crippen LogP contribution is -2.25. The zero-order valence-electron chi connectivity index (χ0n) is 9.51. The number of rotatable bonds is 3. The van der Waals surface area contributed by atoms with Gasteiger partial charge in [0.25, 0.3) is 0 Å². The number of carbonyl (C=O) groups is 1. The van der Waals surface area contributed by atoms with Crippen LogP contribution in [0.15, 0.2) is 0 Å². The van der Waals surface area contributed by atoms with Crippen molar-refractivity contribution in [2.24, 2.45) is 0 Å².